The van der Waals surface area contributed by atoms with Crippen molar-refractivity contribution in [2.75, 3.05) is 19.6 Å². The summed E-state index contributed by atoms with van der Waals surface area (Å²) in [7, 11) is 0. The van der Waals surface area contributed by atoms with Gasteiger partial charge in [0.2, 0.25) is 0 Å². The van der Waals surface area contributed by atoms with Crippen molar-refractivity contribution in [1.82, 2.24) is 10.2 Å². The minimum absolute atomic E-state index is 0.638. The van der Waals surface area contributed by atoms with E-state index in [1.807, 2.05) is 0 Å². The van der Waals surface area contributed by atoms with Gasteiger partial charge in [-0.25, -0.2) is 0 Å². The zero-order valence-electron chi connectivity index (χ0n) is 9.14. The van der Waals surface area contributed by atoms with Crippen molar-refractivity contribution in [2.24, 2.45) is 5.41 Å². The van der Waals surface area contributed by atoms with E-state index in [0.29, 0.717) is 11.5 Å². The zero-order chi connectivity index (χ0) is 9.47. The quantitative estimate of drug-likeness (QED) is 0.711. The van der Waals surface area contributed by atoms with E-state index in [0.717, 1.165) is 6.04 Å². The molecule has 2 nitrogen and oxygen atoms in total. The van der Waals surface area contributed by atoms with Crippen LogP contribution in [0.15, 0.2) is 0 Å². The molecule has 1 saturated carbocycles. The highest BCUT2D eigenvalue weighted by Gasteiger charge is 2.54. The maximum atomic E-state index is 3.72. The molecular weight excluding hydrogens is 160 g/mol. The molecule has 2 rings (SSSR count). The standard InChI is InChI=1S/C11H22N2/c1-4-13-7-10(12-9(2)3)11(8-13)5-6-11/h9-10,12H,4-8H2,1-3H3/t10-/m1/s1. The van der Waals surface area contributed by atoms with Crippen LogP contribution in [0.25, 0.3) is 0 Å². The second kappa shape index (κ2) is 3.25. The van der Waals surface area contributed by atoms with E-state index in [1.165, 1.54) is 32.5 Å². The van der Waals surface area contributed by atoms with Gasteiger partial charge in [0.05, 0.1) is 0 Å². The molecule has 2 heteroatoms. The second-order valence-electron chi connectivity index (χ2n) is 5.06. The summed E-state index contributed by atoms with van der Waals surface area (Å²) >= 11 is 0. The summed E-state index contributed by atoms with van der Waals surface area (Å²) in [5, 5.41) is 3.72. The van der Waals surface area contributed by atoms with Crippen molar-refractivity contribution in [2.45, 2.75) is 45.7 Å². The molecule has 2 fully saturated rings. The largest absolute Gasteiger partial charge is 0.310 e. The Labute approximate surface area is 81.7 Å². The number of likely N-dealkylation sites (tertiary alicyclic amines) is 1. The van der Waals surface area contributed by atoms with Gasteiger partial charge in [0.15, 0.2) is 0 Å². The van der Waals surface area contributed by atoms with Crippen LogP contribution in [0, 0.1) is 5.41 Å². The predicted octanol–water partition coefficient (Wildman–Crippen LogP) is 1.47. The summed E-state index contributed by atoms with van der Waals surface area (Å²) in [6.07, 6.45) is 2.90. The van der Waals surface area contributed by atoms with E-state index in [9.17, 15) is 0 Å². The molecule has 1 atom stereocenters. The Morgan fingerprint density at radius 2 is 2.15 bits per heavy atom. The fourth-order valence-electron chi connectivity index (χ4n) is 2.61. The molecule has 1 saturated heterocycles. The van der Waals surface area contributed by atoms with Crippen molar-refractivity contribution in [3.05, 3.63) is 0 Å². The fraction of sp³-hybridized carbons (Fsp3) is 1.00. The highest BCUT2D eigenvalue weighted by Crippen LogP contribution is 2.52. The second-order valence-corrected chi connectivity index (χ2v) is 5.06. The number of likely N-dealkylation sites (N-methyl/N-ethyl adjacent to an activating group) is 1. The molecule has 1 heterocycles. The summed E-state index contributed by atoms with van der Waals surface area (Å²) in [6, 6.07) is 1.41. The SMILES string of the molecule is CCN1C[C@@H](NC(C)C)C2(CC2)C1. The van der Waals surface area contributed by atoms with Gasteiger partial charge in [-0.2, -0.15) is 0 Å². The number of rotatable bonds is 3. The lowest BCUT2D eigenvalue weighted by Crippen LogP contribution is -2.41. The molecule has 0 radical (unpaired) electrons. The van der Waals surface area contributed by atoms with Gasteiger partial charge in [-0.05, 0) is 24.8 Å². The van der Waals surface area contributed by atoms with Crippen LogP contribution in [0.2, 0.25) is 0 Å². The van der Waals surface area contributed by atoms with E-state index < -0.39 is 0 Å². The average Bonchev–Trinajstić information content (AvgIpc) is 2.73. The van der Waals surface area contributed by atoms with Crippen molar-refractivity contribution < 1.29 is 0 Å². The lowest BCUT2D eigenvalue weighted by molar-refractivity contribution is 0.336. The van der Waals surface area contributed by atoms with Crippen molar-refractivity contribution in [3.8, 4) is 0 Å². The van der Waals surface area contributed by atoms with Crippen LogP contribution >= 0.6 is 0 Å². The lowest BCUT2D eigenvalue weighted by Gasteiger charge is -2.21. The first kappa shape index (κ1) is 9.47. The predicted molar refractivity (Wildman–Crippen MR) is 55.8 cm³/mol. The first-order chi connectivity index (χ1) is 6.16. The Hall–Kier alpha value is -0.0800. The van der Waals surface area contributed by atoms with Crippen LogP contribution in [0.4, 0.5) is 0 Å². The van der Waals surface area contributed by atoms with Crippen molar-refractivity contribution >= 4 is 0 Å². The van der Waals surface area contributed by atoms with Crippen LogP contribution in [-0.2, 0) is 0 Å². The van der Waals surface area contributed by atoms with Gasteiger partial charge in [0, 0.05) is 25.2 Å². The van der Waals surface area contributed by atoms with Crippen LogP contribution in [0.1, 0.15) is 33.6 Å². The van der Waals surface area contributed by atoms with E-state index in [1.54, 1.807) is 0 Å². The van der Waals surface area contributed by atoms with Gasteiger partial charge in [-0.3, -0.25) is 0 Å². The third-order valence-corrected chi connectivity index (χ3v) is 3.59. The average molecular weight is 182 g/mol. The monoisotopic (exact) mass is 182 g/mol. The summed E-state index contributed by atoms with van der Waals surface area (Å²) in [6.45, 7) is 10.6. The molecule has 0 amide bonds. The van der Waals surface area contributed by atoms with Gasteiger partial charge in [0.1, 0.15) is 0 Å². The number of hydrogen-bond acceptors (Lipinski definition) is 2. The molecule has 1 aliphatic carbocycles. The van der Waals surface area contributed by atoms with Crippen molar-refractivity contribution in [1.29, 1.82) is 0 Å². The molecule has 0 aromatic carbocycles. The maximum Gasteiger partial charge on any atom is 0.0265 e. The molecule has 0 aromatic rings. The van der Waals surface area contributed by atoms with Crippen LogP contribution in [-0.4, -0.2) is 36.6 Å². The summed E-state index contributed by atoms with van der Waals surface area (Å²) in [5.74, 6) is 0. The fourth-order valence-corrected chi connectivity index (χ4v) is 2.61. The number of nitrogens with one attached hydrogen (secondary N) is 1. The first-order valence-corrected chi connectivity index (χ1v) is 5.65. The molecule has 0 aromatic heterocycles. The van der Waals surface area contributed by atoms with Gasteiger partial charge < -0.3 is 10.2 Å². The molecule has 76 valence electrons. The van der Waals surface area contributed by atoms with E-state index in [-0.39, 0.29) is 0 Å². The molecule has 0 unspecified atom stereocenters. The maximum absolute atomic E-state index is 3.72. The third kappa shape index (κ3) is 1.75. The van der Waals surface area contributed by atoms with Crippen LogP contribution < -0.4 is 5.32 Å². The lowest BCUT2D eigenvalue weighted by atomic mass is 10.0. The first-order valence-electron chi connectivity index (χ1n) is 5.65. The molecule has 2 aliphatic rings. The van der Waals surface area contributed by atoms with E-state index in [4.69, 9.17) is 0 Å². The molecule has 0 bridgehead atoms. The van der Waals surface area contributed by atoms with Gasteiger partial charge in [0.25, 0.3) is 0 Å². The highest BCUT2D eigenvalue weighted by molar-refractivity contribution is 5.09. The Morgan fingerprint density at radius 3 is 2.62 bits per heavy atom. The Morgan fingerprint density at radius 1 is 1.46 bits per heavy atom. The highest BCUT2D eigenvalue weighted by atomic mass is 15.2. The minimum atomic E-state index is 0.638. The topological polar surface area (TPSA) is 15.3 Å². The molecular formula is C11H22N2. The van der Waals surface area contributed by atoms with Crippen LogP contribution in [0.5, 0.6) is 0 Å². The van der Waals surface area contributed by atoms with Gasteiger partial charge in [-0.1, -0.05) is 20.8 Å². The Kier molecular flexibility index (Phi) is 2.37. The molecule has 1 N–H and O–H groups in total. The van der Waals surface area contributed by atoms with Gasteiger partial charge in [-0.15, -0.1) is 0 Å². The third-order valence-electron chi connectivity index (χ3n) is 3.59. The smallest absolute Gasteiger partial charge is 0.0265 e. The van der Waals surface area contributed by atoms with Crippen LogP contribution in [0.3, 0.4) is 0 Å². The molecule has 1 spiro atoms. The van der Waals surface area contributed by atoms with E-state index in [2.05, 4.69) is 31.0 Å². The minimum Gasteiger partial charge on any atom is -0.310 e. The molecule has 13 heavy (non-hydrogen) atoms. The zero-order valence-corrected chi connectivity index (χ0v) is 9.14. The van der Waals surface area contributed by atoms with Crippen molar-refractivity contribution in [3.63, 3.8) is 0 Å². The number of nitrogens with zero attached hydrogens (tertiary/aromatic N) is 1. The summed E-state index contributed by atoms with van der Waals surface area (Å²) < 4.78 is 0. The normalized spacial score (nSPS) is 31.8. The molecule has 1 aliphatic heterocycles. The Balaban J connectivity index is 1.95. The Bertz CT molecular complexity index is 185. The number of hydrogen-bond donors (Lipinski definition) is 1. The summed E-state index contributed by atoms with van der Waals surface area (Å²) in [4.78, 5) is 2.59. The summed E-state index contributed by atoms with van der Waals surface area (Å²) in [5.41, 5.74) is 0.681. The van der Waals surface area contributed by atoms with E-state index >= 15 is 0 Å². The van der Waals surface area contributed by atoms with Gasteiger partial charge >= 0.3 is 0 Å².